The van der Waals surface area contributed by atoms with E-state index >= 15 is 0 Å². The van der Waals surface area contributed by atoms with Crippen LogP contribution in [0, 0.1) is 28.1 Å². The topological polar surface area (TPSA) is 26.3 Å². The Morgan fingerprint density at radius 3 is 2.29 bits per heavy atom. The number of hydrogen-bond donors (Lipinski definition) is 0. The van der Waals surface area contributed by atoms with Gasteiger partial charge in [0.05, 0.1) is 0 Å². The van der Waals surface area contributed by atoms with Gasteiger partial charge in [-0.25, -0.2) is 0 Å². The number of fused-ring (bicyclic) bond motifs is 2. The third-order valence-corrected chi connectivity index (χ3v) is 13.9. The van der Waals surface area contributed by atoms with E-state index in [1.54, 1.807) is 0 Å². The first kappa shape index (κ1) is 22.3. The lowest BCUT2D eigenvalue weighted by atomic mass is 9.39. The van der Waals surface area contributed by atoms with E-state index in [-0.39, 0.29) is 10.5 Å². The summed E-state index contributed by atoms with van der Waals surface area (Å²) in [7, 11) is -1.76. The van der Waals surface area contributed by atoms with Crippen molar-refractivity contribution in [1.29, 1.82) is 0 Å². The lowest BCUT2D eigenvalue weighted by molar-refractivity contribution is -0.206. The van der Waals surface area contributed by atoms with Crippen molar-refractivity contribution in [1.82, 2.24) is 0 Å². The fourth-order valence-corrected chi connectivity index (χ4v) is 7.48. The first-order valence-electron chi connectivity index (χ1n) is 11.5. The lowest BCUT2D eigenvalue weighted by Gasteiger charge is -2.68. The molecule has 0 aliphatic heterocycles. The summed E-state index contributed by atoms with van der Waals surface area (Å²) in [6.07, 6.45) is 11.2. The highest BCUT2D eigenvalue weighted by Crippen LogP contribution is 2.68. The summed E-state index contributed by atoms with van der Waals surface area (Å²) in [5.41, 5.74) is 0.931. The SMILES string of the molecule is CC1(C)[C@@H]2C[C@H]1[C@@](C)(CC[C@@]1(C)C=CC(=O)CC1)C[C@@H]2O[Si](C)(C)C(C)(C)C. The molecule has 0 aromatic carbocycles. The van der Waals surface area contributed by atoms with E-state index in [0.717, 1.165) is 24.7 Å². The molecule has 4 aliphatic rings. The summed E-state index contributed by atoms with van der Waals surface area (Å²) in [4.78, 5) is 11.6. The number of ketones is 1. The molecule has 160 valence electrons. The van der Waals surface area contributed by atoms with Gasteiger partial charge in [-0.15, -0.1) is 0 Å². The standard InChI is InChI=1S/C25H44O2Si/c1-22(2,3)28(8,9)27-20-17-25(7,21-16-19(20)23(21,4)5)15-14-24(6)12-10-18(26)11-13-24/h10,12,19-21H,11,13-17H2,1-9H3/t19-,20+,21-,24+,25+/m1/s1. The molecule has 4 rings (SSSR count). The molecule has 0 N–H and O–H groups in total. The number of allylic oxidation sites excluding steroid dienone is 2. The zero-order chi connectivity index (χ0) is 21.2. The fraction of sp³-hybridized carbons (Fsp3) is 0.880. The number of hydrogen-bond acceptors (Lipinski definition) is 2. The zero-order valence-corrected chi connectivity index (χ0v) is 20.9. The molecular weight excluding hydrogens is 360 g/mol. The Kier molecular flexibility index (Phi) is 5.41. The van der Waals surface area contributed by atoms with Crippen molar-refractivity contribution in [2.45, 2.75) is 111 Å². The van der Waals surface area contributed by atoms with Gasteiger partial charge < -0.3 is 4.43 Å². The Morgan fingerprint density at radius 1 is 1.14 bits per heavy atom. The van der Waals surface area contributed by atoms with Crippen LogP contribution in [0.5, 0.6) is 0 Å². The molecule has 3 saturated carbocycles. The van der Waals surface area contributed by atoms with Crippen molar-refractivity contribution in [2.24, 2.45) is 28.1 Å². The Morgan fingerprint density at radius 2 is 1.79 bits per heavy atom. The molecule has 2 bridgehead atoms. The summed E-state index contributed by atoms with van der Waals surface area (Å²) in [5, 5.41) is 0.265. The molecule has 0 amide bonds. The van der Waals surface area contributed by atoms with Gasteiger partial charge in [-0.2, -0.15) is 0 Å². The predicted molar refractivity (Wildman–Crippen MR) is 121 cm³/mol. The average Bonchev–Trinajstić information content (AvgIpc) is 2.54. The summed E-state index contributed by atoms with van der Waals surface area (Å²) >= 11 is 0. The summed E-state index contributed by atoms with van der Waals surface area (Å²) in [6.45, 7) is 21.8. The maximum atomic E-state index is 11.6. The van der Waals surface area contributed by atoms with Gasteiger partial charge in [0.25, 0.3) is 0 Å². The van der Waals surface area contributed by atoms with Gasteiger partial charge in [0, 0.05) is 12.5 Å². The van der Waals surface area contributed by atoms with Crippen LogP contribution in [0.25, 0.3) is 0 Å². The number of rotatable bonds is 5. The maximum Gasteiger partial charge on any atom is 0.192 e. The number of carbonyl (C=O) groups excluding carboxylic acids is 1. The highest BCUT2D eigenvalue weighted by molar-refractivity contribution is 6.74. The Hall–Kier alpha value is -0.413. The van der Waals surface area contributed by atoms with Crippen LogP contribution >= 0.6 is 0 Å². The molecular formula is C25H44O2Si. The van der Waals surface area contributed by atoms with Crippen molar-refractivity contribution in [3.05, 3.63) is 12.2 Å². The average molecular weight is 405 g/mol. The second kappa shape index (κ2) is 6.80. The van der Waals surface area contributed by atoms with Crippen LogP contribution in [0.2, 0.25) is 18.1 Å². The molecule has 2 nitrogen and oxygen atoms in total. The van der Waals surface area contributed by atoms with E-state index in [1.165, 1.54) is 25.7 Å². The van der Waals surface area contributed by atoms with E-state index in [1.807, 2.05) is 6.08 Å². The third kappa shape index (κ3) is 3.83. The molecule has 5 atom stereocenters. The smallest absolute Gasteiger partial charge is 0.192 e. The summed E-state index contributed by atoms with van der Waals surface area (Å²) in [6, 6.07) is 0. The largest absolute Gasteiger partial charge is 0.414 e. The van der Waals surface area contributed by atoms with Crippen LogP contribution in [-0.4, -0.2) is 20.2 Å². The van der Waals surface area contributed by atoms with Gasteiger partial charge in [-0.05, 0) is 84.4 Å². The van der Waals surface area contributed by atoms with Gasteiger partial charge in [-0.1, -0.05) is 54.5 Å². The molecule has 0 heterocycles. The van der Waals surface area contributed by atoms with E-state index in [9.17, 15) is 4.79 Å². The van der Waals surface area contributed by atoms with Gasteiger partial charge >= 0.3 is 0 Å². The molecule has 0 aromatic rings. The minimum atomic E-state index is -1.76. The van der Waals surface area contributed by atoms with Crippen LogP contribution in [0.1, 0.15) is 87.0 Å². The second-order valence-electron chi connectivity index (χ2n) is 12.9. The van der Waals surface area contributed by atoms with Crippen LogP contribution in [0.15, 0.2) is 12.2 Å². The minimum absolute atomic E-state index is 0.192. The summed E-state index contributed by atoms with van der Waals surface area (Å²) in [5.74, 6) is 1.83. The molecule has 0 aromatic heterocycles. The first-order valence-corrected chi connectivity index (χ1v) is 14.4. The quantitative estimate of drug-likeness (QED) is 0.455. The fourth-order valence-electron chi connectivity index (χ4n) is 6.12. The molecule has 3 fully saturated rings. The monoisotopic (exact) mass is 404 g/mol. The van der Waals surface area contributed by atoms with Crippen LogP contribution in [0.3, 0.4) is 0 Å². The molecule has 0 saturated heterocycles. The van der Waals surface area contributed by atoms with Crippen molar-refractivity contribution < 1.29 is 9.22 Å². The summed E-state index contributed by atoms with van der Waals surface area (Å²) < 4.78 is 7.04. The first-order chi connectivity index (χ1) is 12.6. The lowest BCUT2D eigenvalue weighted by Crippen LogP contribution is -2.65. The normalized spacial score (nSPS) is 40.3. The van der Waals surface area contributed by atoms with Crippen molar-refractivity contribution in [3.63, 3.8) is 0 Å². The minimum Gasteiger partial charge on any atom is -0.414 e. The highest BCUT2D eigenvalue weighted by Gasteiger charge is 2.64. The molecule has 28 heavy (non-hydrogen) atoms. The second-order valence-corrected chi connectivity index (χ2v) is 17.7. The van der Waals surface area contributed by atoms with Crippen LogP contribution in [0.4, 0.5) is 0 Å². The van der Waals surface area contributed by atoms with Gasteiger partial charge in [0.1, 0.15) is 0 Å². The Bertz CT molecular complexity index is 656. The highest BCUT2D eigenvalue weighted by atomic mass is 28.4. The molecule has 0 radical (unpaired) electrons. The number of carbonyl (C=O) groups is 1. The van der Waals surface area contributed by atoms with E-state index < -0.39 is 8.32 Å². The van der Waals surface area contributed by atoms with Gasteiger partial charge in [0.15, 0.2) is 14.1 Å². The van der Waals surface area contributed by atoms with E-state index in [0.29, 0.717) is 22.7 Å². The Balaban J connectivity index is 1.76. The van der Waals surface area contributed by atoms with Gasteiger partial charge in [-0.3, -0.25) is 4.79 Å². The maximum absolute atomic E-state index is 11.6. The molecule has 0 spiro atoms. The van der Waals surface area contributed by atoms with Gasteiger partial charge in [0.2, 0.25) is 0 Å². The van der Waals surface area contributed by atoms with Crippen LogP contribution < -0.4 is 0 Å². The van der Waals surface area contributed by atoms with Crippen LogP contribution in [-0.2, 0) is 9.22 Å². The Labute approximate surface area is 175 Å². The molecule has 4 aliphatic carbocycles. The molecule has 0 unspecified atom stereocenters. The van der Waals surface area contributed by atoms with E-state index in [4.69, 9.17) is 4.43 Å². The van der Waals surface area contributed by atoms with Crippen molar-refractivity contribution >= 4 is 14.1 Å². The van der Waals surface area contributed by atoms with Crippen molar-refractivity contribution in [3.8, 4) is 0 Å². The predicted octanol–water partition coefficient (Wildman–Crippen LogP) is 7.15. The van der Waals surface area contributed by atoms with E-state index in [2.05, 4.69) is 67.6 Å². The molecule has 3 heteroatoms. The zero-order valence-electron chi connectivity index (χ0n) is 19.9. The van der Waals surface area contributed by atoms with Crippen molar-refractivity contribution in [2.75, 3.05) is 0 Å². The third-order valence-electron chi connectivity index (χ3n) is 9.43.